The van der Waals surface area contributed by atoms with Crippen LogP contribution in [0.3, 0.4) is 0 Å². The number of carbonyl (C=O) groups excluding carboxylic acids is 1. The highest BCUT2D eigenvalue weighted by Crippen LogP contribution is 2.15. The fourth-order valence-corrected chi connectivity index (χ4v) is 3.05. The van der Waals surface area contributed by atoms with Crippen molar-refractivity contribution in [1.29, 1.82) is 0 Å². The van der Waals surface area contributed by atoms with Crippen LogP contribution in [0.5, 0.6) is 0 Å². The molecule has 2 aromatic rings. The van der Waals surface area contributed by atoms with Crippen molar-refractivity contribution in [3.63, 3.8) is 0 Å². The molecule has 23 heavy (non-hydrogen) atoms. The molecular formula is C17H24N4O2. The van der Waals surface area contributed by atoms with E-state index in [-0.39, 0.29) is 5.91 Å². The number of aromatic nitrogens is 2. The molecule has 0 atom stereocenters. The Hall–Kier alpha value is -2.08. The number of furan rings is 1. The Morgan fingerprint density at radius 3 is 2.91 bits per heavy atom. The third kappa shape index (κ3) is 3.47. The highest BCUT2D eigenvalue weighted by atomic mass is 16.3. The molecule has 124 valence electrons. The van der Waals surface area contributed by atoms with E-state index >= 15 is 0 Å². The second kappa shape index (κ2) is 7.00. The van der Waals surface area contributed by atoms with E-state index in [2.05, 4.69) is 21.4 Å². The van der Waals surface area contributed by atoms with Gasteiger partial charge in [-0.1, -0.05) is 0 Å². The molecule has 0 aromatic carbocycles. The zero-order valence-corrected chi connectivity index (χ0v) is 13.9. The van der Waals surface area contributed by atoms with Crippen LogP contribution in [0.15, 0.2) is 29.1 Å². The summed E-state index contributed by atoms with van der Waals surface area (Å²) in [6, 6.07) is 1.84. The molecular weight excluding hydrogens is 292 g/mol. The normalized spacial score (nSPS) is 16.5. The monoisotopic (exact) mass is 316 g/mol. The van der Waals surface area contributed by atoms with E-state index < -0.39 is 0 Å². The van der Waals surface area contributed by atoms with E-state index in [0.29, 0.717) is 5.76 Å². The van der Waals surface area contributed by atoms with Crippen molar-refractivity contribution in [3.05, 3.63) is 41.9 Å². The Morgan fingerprint density at radius 1 is 1.30 bits per heavy atom. The van der Waals surface area contributed by atoms with E-state index in [1.807, 2.05) is 30.3 Å². The van der Waals surface area contributed by atoms with E-state index in [1.54, 1.807) is 6.26 Å². The quantitative estimate of drug-likeness (QED) is 0.867. The molecule has 0 aliphatic carbocycles. The van der Waals surface area contributed by atoms with Crippen LogP contribution >= 0.6 is 0 Å². The zero-order valence-electron chi connectivity index (χ0n) is 13.9. The number of hydrogen-bond donors (Lipinski definition) is 0. The van der Waals surface area contributed by atoms with Crippen molar-refractivity contribution in [1.82, 2.24) is 19.4 Å². The number of imidazole rings is 1. The minimum Gasteiger partial charge on any atom is -0.459 e. The van der Waals surface area contributed by atoms with E-state index in [1.165, 1.54) is 0 Å². The predicted molar refractivity (Wildman–Crippen MR) is 87.1 cm³/mol. The molecule has 1 fully saturated rings. The Balaban J connectivity index is 1.61. The molecule has 2 aromatic heterocycles. The van der Waals surface area contributed by atoms with Gasteiger partial charge in [-0.15, -0.1) is 0 Å². The molecule has 0 radical (unpaired) electrons. The zero-order chi connectivity index (χ0) is 16.2. The number of nitrogens with zero attached hydrogens (tertiary/aromatic N) is 4. The maximum absolute atomic E-state index is 12.6. The maximum Gasteiger partial charge on any atom is 0.289 e. The molecule has 1 aliphatic rings. The fourth-order valence-electron chi connectivity index (χ4n) is 3.05. The van der Waals surface area contributed by atoms with Crippen LogP contribution in [0.4, 0.5) is 0 Å². The van der Waals surface area contributed by atoms with Gasteiger partial charge in [0.15, 0.2) is 5.76 Å². The summed E-state index contributed by atoms with van der Waals surface area (Å²) in [5.41, 5.74) is 0.904. The van der Waals surface area contributed by atoms with Gasteiger partial charge in [0, 0.05) is 50.7 Å². The lowest BCUT2D eigenvalue weighted by molar-refractivity contribution is 0.0728. The van der Waals surface area contributed by atoms with Gasteiger partial charge in [0.1, 0.15) is 5.82 Å². The number of carbonyl (C=O) groups is 1. The molecule has 6 heteroatoms. The molecule has 1 amide bonds. The average Bonchev–Trinajstić information content (AvgIpc) is 3.10. The second-order valence-electron chi connectivity index (χ2n) is 5.98. The van der Waals surface area contributed by atoms with Crippen LogP contribution < -0.4 is 0 Å². The molecule has 3 heterocycles. The summed E-state index contributed by atoms with van der Waals surface area (Å²) in [4.78, 5) is 21.3. The van der Waals surface area contributed by atoms with Crippen LogP contribution in [-0.4, -0.2) is 51.4 Å². The van der Waals surface area contributed by atoms with Crippen molar-refractivity contribution in [2.75, 3.05) is 26.2 Å². The van der Waals surface area contributed by atoms with Crippen LogP contribution in [0.1, 0.15) is 35.3 Å². The van der Waals surface area contributed by atoms with Crippen LogP contribution in [-0.2, 0) is 13.1 Å². The lowest BCUT2D eigenvalue weighted by Gasteiger charge is -2.21. The first-order valence-electron chi connectivity index (χ1n) is 8.24. The Kier molecular flexibility index (Phi) is 4.81. The predicted octanol–water partition coefficient (Wildman–Crippen LogP) is 2.15. The first-order chi connectivity index (χ1) is 11.2. The van der Waals surface area contributed by atoms with Gasteiger partial charge in [0.05, 0.1) is 12.8 Å². The number of amides is 1. The Labute approximate surface area is 136 Å². The minimum absolute atomic E-state index is 0.00408. The number of rotatable bonds is 4. The first kappa shape index (κ1) is 15.8. The highest BCUT2D eigenvalue weighted by molar-refractivity contribution is 5.92. The van der Waals surface area contributed by atoms with Crippen molar-refractivity contribution < 1.29 is 9.21 Å². The first-order valence-corrected chi connectivity index (χ1v) is 8.24. The topological polar surface area (TPSA) is 54.5 Å². The van der Waals surface area contributed by atoms with Gasteiger partial charge in [-0.3, -0.25) is 9.69 Å². The largest absolute Gasteiger partial charge is 0.459 e. The summed E-state index contributed by atoms with van der Waals surface area (Å²) in [6.45, 7) is 9.16. The third-order valence-electron chi connectivity index (χ3n) is 4.44. The Bertz CT molecular complexity index is 661. The molecule has 0 spiro atoms. The second-order valence-corrected chi connectivity index (χ2v) is 5.98. The molecule has 1 saturated heterocycles. The summed E-state index contributed by atoms with van der Waals surface area (Å²) >= 11 is 0. The van der Waals surface area contributed by atoms with E-state index in [9.17, 15) is 4.79 Å². The van der Waals surface area contributed by atoms with Crippen LogP contribution in [0.25, 0.3) is 0 Å². The summed E-state index contributed by atoms with van der Waals surface area (Å²) in [5.74, 6) is 1.57. The Morgan fingerprint density at radius 2 is 2.17 bits per heavy atom. The van der Waals surface area contributed by atoms with Gasteiger partial charge in [-0.2, -0.15) is 0 Å². The van der Waals surface area contributed by atoms with E-state index in [0.717, 1.165) is 57.1 Å². The maximum atomic E-state index is 12.6. The van der Waals surface area contributed by atoms with Crippen molar-refractivity contribution in [3.8, 4) is 0 Å². The van der Waals surface area contributed by atoms with Crippen molar-refractivity contribution in [2.45, 2.75) is 33.4 Å². The number of aryl methyl sites for hydroxylation is 2. The molecule has 0 unspecified atom stereocenters. The molecule has 0 saturated carbocycles. The van der Waals surface area contributed by atoms with Gasteiger partial charge in [-0.25, -0.2) is 4.98 Å². The smallest absolute Gasteiger partial charge is 0.289 e. The number of hydrogen-bond acceptors (Lipinski definition) is 4. The standard InChI is InChI=1S/C17H24N4O2/c1-3-20-9-6-18-15(20)13-19-7-4-8-21(11-10-19)17(22)16-14(2)5-12-23-16/h5-6,9,12H,3-4,7-8,10-11,13H2,1-2H3. The average molecular weight is 316 g/mol. The summed E-state index contributed by atoms with van der Waals surface area (Å²) in [6.07, 6.45) is 6.42. The molecule has 1 aliphatic heterocycles. The molecule has 6 nitrogen and oxygen atoms in total. The minimum atomic E-state index is 0.00408. The lowest BCUT2D eigenvalue weighted by Crippen LogP contribution is -2.35. The lowest BCUT2D eigenvalue weighted by atomic mass is 10.2. The van der Waals surface area contributed by atoms with Gasteiger partial charge in [-0.05, 0) is 26.3 Å². The van der Waals surface area contributed by atoms with E-state index in [4.69, 9.17) is 4.42 Å². The van der Waals surface area contributed by atoms with Gasteiger partial charge >= 0.3 is 0 Å². The summed E-state index contributed by atoms with van der Waals surface area (Å²) < 4.78 is 7.51. The van der Waals surface area contributed by atoms with Gasteiger partial charge < -0.3 is 13.9 Å². The van der Waals surface area contributed by atoms with Crippen molar-refractivity contribution in [2.24, 2.45) is 0 Å². The molecule has 3 rings (SSSR count). The third-order valence-corrected chi connectivity index (χ3v) is 4.44. The van der Waals surface area contributed by atoms with Crippen molar-refractivity contribution >= 4 is 5.91 Å². The van der Waals surface area contributed by atoms with Crippen LogP contribution in [0, 0.1) is 6.92 Å². The molecule has 0 bridgehead atoms. The summed E-state index contributed by atoms with van der Waals surface area (Å²) in [7, 11) is 0. The fraction of sp³-hybridized carbons (Fsp3) is 0.529. The summed E-state index contributed by atoms with van der Waals surface area (Å²) in [5, 5.41) is 0. The highest BCUT2D eigenvalue weighted by Gasteiger charge is 2.23. The SMILES string of the molecule is CCn1ccnc1CN1CCCN(C(=O)c2occc2C)CC1. The van der Waals surface area contributed by atoms with Crippen LogP contribution in [0.2, 0.25) is 0 Å². The molecule has 0 N–H and O–H groups in total. The van der Waals surface area contributed by atoms with Gasteiger partial charge in [0.25, 0.3) is 5.91 Å². The van der Waals surface area contributed by atoms with Gasteiger partial charge in [0.2, 0.25) is 0 Å².